The van der Waals surface area contributed by atoms with Crippen molar-refractivity contribution in [3.05, 3.63) is 41.3 Å². The van der Waals surface area contributed by atoms with Gasteiger partial charge in [0.2, 0.25) is 0 Å². The lowest BCUT2D eigenvalue weighted by Gasteiger charge is -2.17. The van der Waals surface area contributed by atoms with E-state index in [-0.39, 0.29) is 6.04 Å². The van der Waals surface area contributed by atoms with Crippen molar-refractivity contribution in [3.63, 3.8) is 0 Å². The second kappa shape index (κ2) is 5.89. The van der Waals surface area contributed by atoms with Crippen LogP contribution in [0.15, 0.2) is 35.1 Å². The molecule has 0 spiro atoms. The van der Waals surface area contributed by atoms with Gasteiger partial charge >= 0.3 is 0 Å². The van der Waals surface area contributed by atoms with E-state index >= 15 is 0 Å². The van der Waals surface area contributed by atoms with Crippen molar-refractivity contribution in [1.29, 1.82) is 0 Å². The molecule has 0 aliphatic rings. The Balaban J connectivity index is 2.26. The van der Waals surface area contributed by atoms with E-state index in [0.717, 1.165) is 11.3 Å². The first-order valence-electron chi connectivity index (χ1n) is 5.86. The number of anilines is 1. The van der Waals surface area contributed by atoms with E-state index in [4.69, 9.17) is 25.5 Å². The van der Waals surface area contributed by atoms with Crippen LogP contribution in [0.25, 0.3) is 0 Å². The van der Waals surface area contributed by atoms with Crippen LogP contribution < -0.4 is 14.8 Å². The molecule has 0 saturated carbocycles. The first-order valence-corrected chi connectivity index (χ1v) is 6.23. The smallest absolute Gasteiger partial charge is 0.145 e. The molecule has 0 bridgehead atoms. The highest BCUT2D eigenvalue weighted by molar-refractivity contribution is 6.32. The first-order chi connectivity index (χ1) is 9.15. The van der Waals surface area contributed by atoms with Crippen LogP contribution >= 0.6 is 11.6 Å². The SMILES string of the molecule is COc1cc(OC)c(NC(C)c2ccoc2)cc1Cl. The Morgan fingerprint density at radius 2 is 1.95 bits per heavy atom. The van der Waals surface area contributed by atoms with E-state index in [2.05, 4.69) is 5.32 Å². The molecule has 0 fully saturated rings. The van der Waals surface area contributed by atoms with Crippen molar-refractivity contribution in [3.8, 4) is 11.5 Å². The summed E-state index contributed by atoms with van der Waals surface area (Å²) in [6, 6.07) is 5.54. The molecule has 5 heteroatoms. The third kappa shape index (κ3) is 2.96. The van der Waals surface area contributed by atoms with Crippen molar-refractivity contribution in [2.75, 3.05) is 19.5 Å². The van der Waals surface area contributed by atoms with Crippen LogP contribution in [-0.4, -0.2) is 14.2 Å². The van der Waals surface area contributed by atoms with Gasteiger partial charge in [-0.3, -0.25) is 0 Å². The molecule has 0 aliphatic heterocycles. The largest absolute Gasteiger partial charge is 0.495 e. The van der Waals surface area contributed by atoms with Crippen molar-refractivity contribution in [2.24, 2.45) is 0 Å². The van der Waals surface area contributed by atoms with Crippen LogP contribution in [0.4, 0.5) is 5.69 Å². The summed E-state index contributed by atoms with van der Waals surface area (Å²) in [7, 11) is 3.18. The van der Waals surface area contributed by atoms with Gasteiger partial charge in [-0.1, -0.05) is 11.6 Å². The zero-order valence-electron chi connectivity index (χ0n) is 11.1. The van der Waals surface area contributed by atoms with E-state index in [9.17, 15) is 0 Å². The van der Waals surface area contributed by atoms with Gasteiger partial charge in [0, 0.05) is 11.6 Å². The summed E-state index contributed by atoms with van der Waals surface area (Å²) >= 11 is 6.13. The quantitative estimate of drug-likeness (QED) is 0.895. The topological polar surface area (TPSA) is 43.6 Å². The number of benzene rings is 1. The minimum atomic E-state index is 0.0807. The highest BCUT2D eigenvalue weighted by Crippen LogP contribution is 2.37. The monoisotopic (exact) mass is 281 g/mol. The fourth-order valence-corrected chi connectivity index (χ4v) is 2.05. The molecular formula is C14H16ClNO3. The van der Waals surface area contributed by atoms with Crippen LogP contribution in [0, 0.1) is 0 Å². The van der Waals surface area contributed by atoms with Gasteiger partial charge in [-0.25, -0.2) is 0 Å². The number of ether oxygens (including phenoxy) is 2. The van der Waals surface area contributed by atoms with E-state index in [1.54, 1.807) is 38.9 Å². The molecule has 0 aliphatic carbocycles. The predicted molar refractivity (Wildman–Crippen MR) is 75.3 cm³/mol. The Labute approximate surface area is 117 Å². The molecule has 2 aromatic rings. The maximum absolute atomic E-state index is 6.13. The van der Waals surface area contributed by atoms with Gasteiger partial charge in [0.1, 0.15) is 11.5 Å². The number of methoxy groups -OCH3 is 2. The number of halogens is 1. The van der Waals surface area contributed by atoms with E-state index in [1.165, 1.54) is 0 Å². The molecule has 1 unspecified atom stereocenters. The van der Waals surface area contributed by atoms with Crippen molar-refractivity contribution in [2.45, 2.75) is 13.0 Å². The number of hydrogen-bond donors (Lipinski definition) is 1. The molecule has 4 nitrogen and oxygen atoms in total. The van der Waals surface area contributed by atoms with Gasteiger partial charge in [0.25, 0.3) is 0 Å². The van der Waals surface area contributed by atoms with Crippen LogP contribution in [0.5, 0.6) is 11.5 Å². The standard InChI is InChI=1S/C14H16ClNO3/c1-9(10-4-5-19-8-10)16-12-6-11(15)13(17-2)7-14(12)18-3/h4-9,16H,1-3H3. The normalized spacial score (nSPS) is 12.0. The molecule has 2 rings (SSSR count). The Kier molecular flexibility index (Phi) is 4.22. The van der Waals surface area contributed by atoms with Gasteiger partial charge in [-0.15, -0.1) is 0 Å². The second-order valence-electron chi connectivity index (χ2n) is 4.11. The summed E-state index contributed by atoms with van der Waals surface area (Å²) in [6.45, 7) is 2.03. The molecule has 1 aromatic carbocycles. The average Bonchev–Trinajstić information content (AvgIpc) is 2.93. The summed E-state index contributed by atoms with van der Waals surface area (Å²) in [5.41, 5.74) is 1.86. The highest BCUT2D eigenvalue weighted by atomic mass is 35.5. The molecule has 0 amide bonds. The van der Waals surface area contributed by atoms with E-state index in [0.29, 0.717) is 16.5 Å². The summed E-state index contributed by atoms with van der Waals surface area (Å²) in [5.74, 6) is 1.26. The molecular weight excluding hydrogens is 266 g/mol. The summed E-state index contributed by atoms with van der Waals surface area (Å²) in [6.07, 6.45) is 3.35. The molecule has 1 N–H and O–H groups in total. The lowest BCUT2D eigenvalue weighted by Crippen LogP contribution is -2.07. The molecule has 0 radical (unpaired) electrons. The molecule has 1 aromatic heterocycles. The van der Waals surface area contributed by atoms with Gasteiger partial charge in [0.05, 0.1) is 43.5 Å². The molecule has 1 atom stereocenters. The predicted octanol–water partition coefficient (Wildman–Crippen LogP) is 4.12. The summed E-state index contributed by atoms with van der Waals surface area (Å²) in [5, 5.41) is 3.86. The minimum Gasteiger partial charge on any atom is -0.495 e. The zero-order valence-corrected chi connectivity index (χ0v) is 11.8. The van der Waals surface area contributed by atoms with Crippen LogP contribution in [0.1, 0.15) is 18.5 Å². The number of rotatable bonds is 5. The van der Waals surface area contributed by atoms with Gasteiger partial charge in [-0.05, 0) is 19.1 Å². The molecule has 102 valence electrons. The van der Waals surface area contributed by atoms with E-state index < -0.39 is 0 Å². The lowest BCUT2D eigenvalue weighted by atomic mass is 10.1. The zero-order chi connectivity index (χ0) is 13.8. The van der Waals surface area contributed by atoms with Crippen molar-refractivity contribution >= 4 is 17.3 Å². The van der Waals surface area contributed by atoms with Gasteiger partial charge in [0.15, 0.2) is 0 Å². The molecule has 1 heterocycles. The van der Waals surface area contributed by atoms with E-state index in [1.807, 2.05) is 13.0 Å². The fraction of sp³-hybridized carbons (Fsp3) is 0.286. The number of hydrogen-bond acceptors (Lipinski definition) is 4. The third-order valence-electron chi connectivity index (χ3n) is 2.89. The van der Waals surface area contributed by atoms with Crippen LogP contribution in [-0.2, 0) is 0 Å². The Morgan fingerprint density at radius 1 is 1.21 bits per heavy atom. The second-order valence-corrected chi connectivity index (χ2v) is 4.52. The lowest BCUT2D eigenvalue weighted by molar-refractivity contribution is 0.395. The minimum absolute atomic E-state index is 0.0807. The highest BCUT2D eigenvalue weighted by Gasteiger charge is 2.13. The third-order valence-corrected chi connectivity index (χ3v) is 3.18. The number of furan rings is 1. The van der Waals surface area contributed by atoms with Crippen molar-refractivity contribution in [1.82, 2.24) is 0 Å². The fourth-order valence-electron chi connectivity index (χ4n) is 1.81. The Hall–Kier alpha value is -1.81. The Morgan fingerprint density at radius 3 is 2.53 bits per heavy atom. The maximum atomic E-state index is 6.13. The van der Waals surface area contributed by atoms with Gasteiger partial charge in [-0.2, -0.15) is 0 Å². The van der Waals surface area contributed by atoms with Gasteiger partial charge < -0.3 is 19.2 Å². The first kappa shape index (κ1) is 13.6. The Bertz CT molecular complexity index is 540. The number of nitrogens with one attached hydrogen (secondary N) is 1. The molecule has 0 saturated heterocycles. The van der Waals surface area contributed by atoms with Crippen LogP contribution in [0.3, 0.4) is 0 Å². The summed E-state index contributed by atoms with van der Waals surface area (Å²) < 4.78 is 15.6. The molecule has 19 heavy (non-hydrogen) atoms. The van der Waals surface area contributed by atoms with Crippen molar-refractivity contribution < 1.29 is 13.9 Å². The van der Waals surface area contributed by atoms with Crippen LogP contribution in [0.2, 0.25) is 5.02 Å². The maximum Gasteiger partial charge on any atom is 0.145 e. The summed E-state index contributed by atoms with van der Waals surface area (Å²) in [4.78, 5) is 0. The average molecular weight is 282 g/mol.